The third kappa shape index (κ3) is 3.29. The molecule has 0 radical (unpaired) electrons. The van der Waals surface area contributed by atoms with Crippen molar-refractivity contribution in [3.8, 4) is 16.3 Å². The minimum absolute atomic E-state index is 0.614. The van der Waals surface area contributed by atoms with E-state index in [0.29, 0.717) is 5.13 Å². The normalized spacial score (nSPS) is 11.0. The van der Waals surface area contributed by atoms with E-state index in [1.54, 1.807) is 13.3 Å². The summed E-state index contributed by atoms with van der Waals surface area (Å²) in [6.45, 7) is 0. The second-order valence-electron chi connectivity index (χ2n) is 4.54. The van der Waals surface area contributed by atoms with Crippen LogP contribution in [0.1, 0.15) is 5.56 Å². The van der Waals surface area contributed by atoms with Gasteiger partial charge in [-0.3, -0.25) is 0 Å². The molecule has 0 fully saturated rings. The molecule has 5 nitrogen and oxygen atoms in total. The van der Waals surface area contributed by atoms with Crippen LogP contribution in [0.25, 0.3) is 10.6 Å². The number of anilines is 1. The molecule has 0 bridgehead atoms. The van der Waals surface area contributed by atoms with Gasteiger partial charge in [-0.1, -0.05) is 11.3 Å². The van der Waals surface area contributed by atoms with Crippen molar-refractivity contribution in [2.75, 3.05) is 12.8 Å². The summed E-state index contributed by atoms with van der Waals surface area (Å²) in [7, 11) is 1.64. The fourth-order valence-electron chi connectivity index (χ4n) is 1.83. The fourth-order valence-corrected chi connectivity index (χ4v) is 2.53. The van der Waals surface area contributed by atoms with Gasteiger partial charge in [0.25, 0.3) is 0 Å². The first-order valence-corrected chi connectivity index (χ1v) is 7.44. The van der Waals surface area contributed by atoms with Gasteiger partial charge in [0.15, 0.2) is 0 Å². The van der Waals surface area contributed by atoms with Crippen LogP contribution in [-0.4, -0.2) is 23.5 Å². The zero-order valence-corrected chi connectivity index (χ0v) is 12.7. The van der Waals surface area contributed by atoms with Crippen molar-refractivity contribution in [3.63, 3.8) is 0 Å². The van der Waals surface area contributed by atoms with E-state index in [9.17, 15) is 0 Å². The number of hydrogen-bond donors (Lipinski definition) is 1. The van der Waals surface area contributed by atoms with Crippen molar-refractivity contribution in [1.29, 1.82) is 0 Å². The van der Waals surface area contributed by atoms with Crippen LogP contribution in [0.4, 0.5) is 10.8 Å². The molecule has 2 aromatic carbocycles. The summed E-state index contributed by atoms with van der Waals surface area (Å²) in [5.74, 6) is 0.818. The number of hydrogen-bond acceptors (Lipinski definition) is 6. The maximum atomic E-state index is 5.68. The predicted molar refractivity (Wildman–Crippen MR) is 90.0 cm³/mol. The van der Waals surface area contributed by atoms with Crippen molar-refractivity contribution in [2.45, 2.75) is 0 Å². The van der Waals surface area contributed by atoms with Crippen LogP contribution in [0.5, 0.6) is 5.75 Å². The van der Waals surface area contributed by atoms with E-state index in [1.807, 2.05) is 48.5 Å². The SMILES string of the molecule is COc1ccc(/C=N/c2nnc(-c3ccc(N)cc3)s2)cc1. The molecule has 110 valence electrons. The number of aromatic nitrogens is 2. The fraction of sp³-hybridized carbons (Fsp3) is 0.0625. The third-order valence-corrected chi connectivity index (χ3v) is 3.89. The third-order valence-electron chi connectivity index (χ3n) is 3.01. The van der Waals surface area contributed by atoms with Crippen molar-refractivity contribution in [2.24, 2.45) is 4.99 Å². The van der Waals surface area contributed by atoms with E-state index in [4.69, 9.17) is 10.5 Å². The number of aliphatic imine (C=N–C) groups is 1. The monoisotopic (exact) mass is 310 g/mol. The second-order valence-corrected chi connectivity index (χ2v) is 5.50. The zero-order valence-electron chi connectivity index (χ0n) is 11.9. The number of nitrogens with zero attached hydrogens (tertiary/aromatic N) is 3. The second kappa shape index (κ2) is 6.36. The Morgan fingerprint density at radius 1 is 1.05 bits per heavy atom. The van der Waals surface area contributed by atoms with Crippen molar-refractivity contribution >= 4 is 28.4 Å². The van der Waals surface area contributed by atoms with E-state index in [1.165, 1.54) is 11.3 Å². The summed E-state index contributed by atoms with van der Waals surface area (Å²) >= 11 is 1.43. The van der Waals surface area contributed by atoms with E-state index in [0.717, 1.165) is 27.6 Å². The molecule has 3 aromatic rings. The largest absolute Gasteiger partial charge is 0.497 e. The summed E-state index contributed by atoms with van der Waals surface area (Å²) in [4.78, 5) is 4.35. The van der Waals surface area contributed by atoms with E-state index in [2.05, 4.69) is 15.2 Å². The average Bonchev–Trinajstić information content (AvgIpc) is 3.03. The van der Waals surface area contributed by atoms with E-state index in [-0.39, 0.29) is 0 Å². The van der Waals surface area contributed by atoms with Gasteiger partial charge in [-0.15, -0.1) is 10.2 Å². The molecule has 3 rings (SSSR count). The maximum Gasteiger partial charge on any atom is 0.231 e. The first-order valence-electron chi connectivity index (χ1n) is 6.62. The lowest BCUT2D eigenvalue weighted by Gasteiger charge is -1.98. The van der Waals surface area contributed by atoms with E-state index >= 15 is 0 Å². The number of methoxy groups -OCH3 is 1. The van der Waals surface area contributed by atoms with Gasteiger partial charge in [0.2, 0.25) is 5.13 Å². The molecule has 22 heavy (non-hydrogen) atoms. The van der Waals surface area contributed by atoms with Gasteiger partial charge >= 0.3 is 0 Å². The Hall–Kier alpha value is -2.73. The molecule has 0 aliphatic heterocycles. The molecule has 0 aliphatic carbocycles. The highest BCUT2D eigenvalue weighted by molar-refractivity contribution is 7.18. The average molecular weight is 310 g/mol. The Balaban J connectivity index is 1.75. The molecule has 0 saturated heterocycles. The number of nitrogen functional groups attached to an aromatic ring is 1. The maximum absolute atomic E-state index is 5.68. The Bertz CT molecular complexity index is 779. The van der Waals surface area contributed by atoms with Gasteiger partial charge in [-0.2, -0.15) is 0 Å². The topological polar surface area (TPSA) is 73.4 Å². The molecule has 0 amide bonds. The van der Waals surface area contributed by atoms with Gasteiger partial charge in [0.05, 0.1) is 7.11 Å². The van der Waals surface area contributed by atoms with Crippen LogP contribution >= 0.6 is 11.3 Å². The van der Waals surface area contributed by atoms with Gasteiger partial charge in [-0.25, -0.2) is 4.99 Å². The Morgan fingerprint density at radius 2 is 1.77 bits per heavy atom. The van der Waals surface area contributed by atoms with Crippen LogP contribution in [0.2, 0.25) is 0 Å². The molecular weight excluding hydrogens is 296 g/mol. The summed E-state index contributed by atoms with van der Waals surface area (Å²) in [6.07, 6.45) is 1.76. The van der Waals surface area contributed by atoms with Gasteiger partial charge < -0.3 is 10.5 Å². The van der Waals surface area contributed by atoms with Crippen LogP contribution in [0.15, 0.2) is 53.5 Å². The van der Waals surface area contributed by atoms with Gasteiger partial charge in [0.1, 0.15) is 10.8 Å². The predicted octanol–water partition coefficient (Wildman–Crippen LogP) is 3.55. The highest BCUT2D eigenvalue weighted by Gasteiger charge is 2.05. The molecule has 0 spiro atoms. The lowest BCUT2D eigenvalue weighted by atomic mass is 10.2. The van der Waals surface area contributed by atoms with Gasteiger partial charge in [0, 0.05) is 17.5 Å². The first kappa shape index (κ1) is 14.2. The first-order chi connectivity index (χ1) is 10.7. The molecule has 6 heteroatoms. The summed E-state index contributed by atoms with van der Waals surface area (Å²) in [5.41, 5.74) is 8.37. The van der Waals surface area contributed by atoms with Crippen LogP contribution in [0, 0.1) is 0 Å². The summed E-state index contributed by atoms with van der Waals surface area (Å²) in [5, 5.41) is 9.66. The molecule has 2 N–H and O–H groups in total. The van der Waals surface area contributed by atoms with Crippen LogP contribution < -0.4 is 10.5 Å². The molecule has 0 saturated carbocycles. The van der Waals surface area contributed by atoms with Crippen molar-refractivity contribution < 1.29 is 4.74 Å². The van der Waals surface area contributed by atoms with Crippen LogP contribution in [-0.2, 0) is 0 Å². The molecule has 0 unspecified atom stereocenters. The molecule has 0 aliphatic rings. The molecule has 0 atom stereocenters. The number of rotatable bonds is 4. The van der Waals surface area contributed by atoms with E-state index < -0.39 is 0 Å². The minimum atomic E-state index is 0.614. The summed E-state index contributed by atoms with van der Waals surface area (Å²) < 4.78 is 5.12. The highest BCUT2D eigenvalue weighted by atomic mass is 32.1. The molecule has 1 heterocycles. The standard InChI is InChI=1S/C16H14N4OS/c1-21-14-8-2-11(3-9-14)10-18-16-20-19-15(22-16)12-4-6-13(17)7-5-12/h2-10H,17H2,1H3/b18-10+. The molecule has 1 aromatic heterocycles. The zero-order chi connectivity index (χ0) is 15.4. The summed E-state index contributed by atoms with van der Waals surface area (Å²) in [6, 6.07) is 15.2. The van der Waals surface area contributed by atoms with Crippen LogP contribution in [0.3, 0.4) is 0 Å². The van der Waals surface area contributed by atoms with Crippen molar-refractivity contribution in [3.05, 3.63) is 54.1 Å². The lowest BCUT2D eigenvalue weighted by Crippen LogP contribution is -1.84. The van der Waals surface area contributed by atoms with Gasteiger partial charge in [-0.05, 0) is 54.1 Å². The Kier molecular flexibility index (Phi) is 4.11. The Labute approximate surface area is 132 Å². The quantitative estimate of drug-likeness (QED) is 0.591. The van der Waals surface area contributed by atoms with Crippen molar-refractivity contribution in [1.82, 2.24) is 10.2 Å². The minimum Gasteiger partial charge on any atom is -0.497 e. The Morgan fingerprint density at radius 3 is 2.45 bits per heavy atom. The number of benzene rings is 2. The lowest BCUT2D eigenvalue weighted by molar-refractivity contribution is 0.415. The smallest absolute Gasteiger partial charge is 0.231 e. The number of ether oxygens (including phenoxy) is 1. The highest BCUT2D eigenvalue weighted by Crippen LogP contribution is 2.28. The number of nitrogens with two attached hydrogens (primary N) is 1. The molecular formula is C16H14N4OS.